The summed E-state index contributed by atoms with van der Waals surface area (Å²) < 4.78 is 0. The third-order valence-corrected chi connectivity index (χ3v) is 4.88. The Kier molecular flexibility index (Phi) is 4.83. The summed E-state index contributed by atoms with van der Waals surface area (Å²) in [6, 6.07) is 20.3. The highest BCUT2D eigenvalue weighted by atomic mass is 16.4. The van der Waals surface area contributed by atoms with Gasteiger partial charge in [0.25, 0.3) is 11.5 Å². The van der Waals surface area contributed by atoms with Crippen molar-refractivity contribution in [3.8, 4) is 0 Å². The molecule has 0 bridgehead atoms. The second-order valence-corrected chi connectivity index (χ2v) is 6.81. The number of aliphatic carboxylic acids is 1. The maximum Gasteiger partial charge on any atom is 0.326 e. The average Bonchev–Trinajstić information content (AvgIpc) is 2.73. The van der Waals surface area contributed by atoms with E-state index in [0.717, 1.165) is 16.3 Å². The predicted molar refractivity (Wildman–Crippen MR) is 111 cm³/mol. The number of fused-ring (bicyclic) bond motifs is 3. The number of H-pyrrole nitrogens is 1. The van der Waals surface area contributed by atoms with E-state index in [0.29, 0.717) is 10.9 Å². The van der Waals surface area contributed by atoms with E-state index in [1.165, 1.54) is 0 Å². The van der Waals surface area contributed by atoms with E-state index in [9.17, 15) is 19.5 Å². The van der Waals surface area contributed by atoms with Gasteiger partial charge in [0, 0.05) is 28.3 Å². The van der Waals surface area contributed by atoms with Crippen molar-refractivity contribution in [3.63, 3.8) is 0 Å². The van der Waals surface area contributed by atoms with Crippen LogP contribution in [0.5, 0.6) is 0 Å². The number of amides is 1. The van der Waals surface area contributed by atoms with Gasteiger partial charge in [0.15, 0.2) is 0 Å². The molecule has 4 rings (SSSR count). The number of benzene rings is 3. The van der Waals surface area contributed by atoms with Crippen molar-refractivity contribution >= 4 is 33.6 Å². The molecule has 3 aromatic carbocycles. The standard InChI is InChI=1S/C23H18N2O4/c26-21(25-20(23(28)29)12-14-6-2-1-3-7-14)15-10-11-17-16-8-4-5-9-18(16)22(27)24-19(17)13-15/h1-11,13,20H,12H2,(H,24,27)(H,25,26)(H,28,29)/t20-/m1/s1. The Hall–Kier alpha value is -3.93. The SMILES string of the molecule is O=C(N[C@H](Cc1ccccc1)C(=O)O)c1ccc2c(c1)[nH]c(=O)c1ccccc12. The van der Waals surface area contributed by atoms with Gasteiger partial charge in [-0.25, -0.2) is 4.79 Å². The molecule has 1 atom stereocenters. The Morgan fingerprint density at radius 2 is 1.59 bits per heavy atom. The van der Waals surface area contributed by atoms with Crippen LogP contribution < -0.4 is 10.9 Å². The number of rotatable bonds is 5. The molecule has 1 heterocycles. The van der Waals surface area contributed by atoms with Crippen molar-refractivity contribution in [2.24, 2.45) is 0 Å². The zero-order valence-corrected chi connectivity index (χ0v) is 15.4. The molecule has 29 heavy (non-hydrogen) atoms. The second-order valence-electron chi connectivity index (χ2n) is 6.81. The van der Waals surface area contributed by atoms with Crippen LogP contribution in [0, 0.1) is 0 Å². The monoisotopic (exact) mass is 386 g/mol. The van der Waals surface area contributed by atoms with Crippen LogP contribution in [-0.4, -0.2) is 28.0 Å². The second kappa shape index (κ2) is 7.59. The molecular formula is C23H18N2O4. The summed E-state index contributed by atoms with van der Waals surface area (Å²) in [5.41, 5.74) is 1.38. The number of carboxylic acid groups (broad SMARTS) is 1. The molecule has 0 radical (unpaired) electrons. The molecule has 0 saturated carbocycles. The van der Waals surface area contributed by atoms with E-state index < -0.39 is 17.9 Å². The van der Waals surface area contributed by atoms with Crippen LogP contribution in [0.1, 0.15) is 15.9 Å². The molecular weight excluding hydrogens is 368 g/mol. The molecule has 6 heteroatoms. The minimum Gasteiger partial charge on any atom is -0.480 e. The van der Waals surface area contributed by atoms with Gasteiger partial charge in [0.2, 0.25) is 0 Å². The molecule has 3 N–H and O–H groups in total. The zero-order chi connectivity index (χ0) is 20.4. The Bertz CT molecular complexity index is 1280. The number of aromatic amines is 1. The van der Waals surface area contributed by atoms with Gasteiger partial charge in [-0.05, 0) is 29.1 Å². The maximum atomic E-state index is 12.7. The normalized spacial score (nSPS) is 12.0. The summed E-state index contributed by atoms with van der Waals surface area (Å²) in [7, 11) is 0. The Morgan fingerprint density at radius 1 is 0.897 bits per heavy atom. The van der Waals surface area contributed by atoms with E-state index in [1.54, 1.807) is 30.3 Å². The predicted octanol–water partition coefficient (Wildman–Crippen LogP) is 3.11. The summed E-state index contributed by atoms with van der Waals surface area (Å²) in [5.74, 6) is -1.62. The van der Waals surface area contributed by atoms with E-state index in [-0.39, 0.29) is 17.5 Å². The van der Waals surface area contributed by atoms with E-state index >= 15 is 0 Å². The van der Waals surface area contributed by atoms with Gasteiger partial charge < -0.3 is 15.4 Å². The first kappa shape index (κ1) is 18.4. The van der Waals surface area contributed by atoms with Gasteiger partial charge in [0.05, 0.1) is 0 Å². The molecule has 6 nitrogen and oxygen atoms in total. The quantitative estimate of drug-likeness (QED) is 0.459. The van der Waals surface area contributed by atoms with Crippen LogP contribution in [0.3, 0.4) is 0 Å². The fourth-order valence-corrected chi connectivity index (χ4v) is 3.42. The minimum absolute atomic E-state index is 0.178. The summed E-state index contributed by atoms with van der Waals surface area (Å²) in [6.45, 7) is 0. The number of hydrogen-bond acceptors (Lipinski definition) is 3. The molecule has 0 fully saturated rings. The van der Waals surface area contributed by atoms with Crippen molar-refractivity contribution in [2.75, 3.05) is 0 Å². The molecule has 0 aliphatic rings. The first-order valence-electron chi connectivity index (χ1n) is 9.15. The van der Waals surface area contributed by atoms with Gasteiger partial charge in [-0.3, -0.25) is 9.59 Å². The molecule has 0 saturated heterocycles. The Balaban J connectivity index is 1.64. The smallest absolute Gasteiger partial charge is 0.326 e. The van der Waals surface area contributed by atoms with Crippen LogP contribution in [0.15, 0.2) is 77.6 Å². The summed E-state index contributed by atoms with van der Waals surface area (Å²) in [4.78, 5) is 39.4. The Labute approximate surface area is 165 Å². The first-order chi connectivity index (χ1) is 14.0. The van der Waals surface area contributed by atoms with Crippen molar-refractivity contribution in [1.82, 2.24) is 10.3 Å². The van der Waals surface area contributed by atoms with E-state index in [2.05, 4.69) is 10.3 Å². The van der Waals surface area contributed by atoms with Gasteiger partial charge >= 0.3 is 5.97 Å². The largest absolute Gasteiger partial charge is 0.480 e. The average molecular weight is 386 g/mol. The highest BCUT2D eigenvalue weighted by Crippen LogP contribution is 2.22. The highest BCUT2D eigenvalue weighted by molar-refractivity contribution is 6.07. The summed E-state index contributed by atoms with van der Waals surface area (Å²) >= 11 is 0. The molecule has 0 aliphatic heterocycles. The Morgan fingerprint density at radius 3 is 2.31 bits per heavy atom. The third kappa shape index (κ3) is 3.73. The molecule has 1 amide bonds. The number of aromatic nitrogens is 1. The van der Waals surface area contributed by atoms with E-state index in [4.69, 9.17) is 0 Å². The van der Waals surface area contributed by atoms with Gasteiger partial charge in [-0.2, -0.15) is 0 Å². The number of pyridine rings is 1. The lowest BCUT2D eigenvalue weighted by Crippen LogP contribution is -2.42. The number of hydrogen-bond donors (Lipinski definition) is 3. The van der Waals surface area contributed by atoms with Crippen LogP contribution in [0.4, 0.5) is 0 Å². The zero-order valence-electron chi connectivity index (χ0n) is 15.4. The highest BCUT2D eigenvalue weighted by Gasteiger charge is 2.21. The number of carbonyl (C=O) groups is 2. The lowest BCUT2D eigenvalue weighted by molar-refractivity contribution is -0.139. The lowest BCUT2D eigenvalue weighted by Gasteiger charge is -2.15. The van der Waals surface area contributed by atoms with Crippen molar-refractivity contribution in [1.29, 1.82) is 0 Å². The maximum absolute atomic E-state index is 12.7. The minimum atomic E-state index is -1.11. The molecule has 1 aromatic heterocycles. The molecule has 0 aliphatic carbocycles. The number of nitrogens with one attached hydrogen (secondary N) is 2. The van der Waals surface area contributed by atoms with Crippen molar-refractivity contribution < 1.29 is 14.7 Å². The molecule has 144 valence electrons. The number of carbonyl (C=O) groups excluding carboxylic acids is 1. The fraction of sp³-hybridized carbons (Fsp3) is 0.0870. The van der Waals surface area contributed by atoms with Gasteiger partial charge in [-0.1, -0.05) is 54.6 Å². The van der Waals surface area contributed by atoms with Gasteiger partial charge in [0.1, 0.15) is 6.04 Å². The van der Waals surface area contributed by atoms with E-state index in [1.807, 2.05) is 42.5 Å². The third-order valence-electron chi connectivity index (χ3n) is 4.88. The van der Waals surface area contributed by atoms with Crippen LogP contribution in [0.2, 0.25) is 0 Å². The molecule has 4 aromatic rings. The summed E-state index contributed by atoms with van der Waals surface area (Å²) in [6.07, 6.45) is 0.178. The van der Waals surface area contributed by atoms with Crippen molar-refractivity contribution in [3.05, 3.63) is 94.3 Å². The van der Waals surface area contributed by atoms with Crippen LogP contribution in [0.25, 0.3) is 21.7 Å². The molecule has 0 unspecified atom stereocenters. The lowest BCUT2D eigenvalue weighted by atomic mass is 10.0. The summed E-state index contributed by atoms with van der Waals surface area (Å²) in [5, 5.41) is 14.2. The molecule has 0 spiro atoms. The fourth-order valence-electron chi connectivity index (χ4n) is 3.42. The first-order valence-corrected chi connectivity index (χ1v) is 9.15. The van der Waals surface area contributed by atoms with Gasteiger partial charge in [-0.15, -0.1) is 0 Å². The topological polar surface area (TPSA) is 99.3 Å². The van der Waals surface area contributed by atoms with Crippen molar-refractivity contribution in [2.45, 2.75) is 12.5 Å². The number of carboxylic acids is 1. The van der Waals surface area contributed by atoms with Crippen LogP contribution in [-0.2, 0) is 11.2 Å². The van der Waals surface area contributed by atoms with Crippen LogP contribution >= 0.6 is 0 Å².